The van der Waals surface area contributed by atoms with E-state index in [1.807, 2.05) is 0 Å². The lowest BCUT2D eigenvalue weighted by atomic mass is 10.1. The average molecular weight is 293 g/mol. The van der Waals surface area contributed by atoms with Crippen LogP contribution in [0, 0.1) is 10.1 Å². The normalized spacial score (nSPS) is 13.6. The number of carbonyl (C=O) groups excluding carboxylic acids is 1. The van der Waals surface area contributed by atoms with E-state index in [-0.39, 0.29) is 24.2 Å². The number of nitro groups is 1. The maximum Gasteiger partial charge on any atom is 0.342 e. The van der Waals surface area contributed by atoms with Gasteiger partial charge in [-0.05, 0) is 25.0 Å². The van der Waals surface area contributed by atoms with Gasteiger partial charge in [0, 0.05) is 13.1 Å². The van der Waals surface area contributed by atoms with Gasteiger partial charge in [0.05, 0.1) is 11.5 Å². The fraction of sp³-hybridized carbons (Fsp3) is 0.385. The maximum absolute atomic E-state index is 11.7. The van der Waals surface area contributed by atoms with Gasteiger partial charge >= 0.3 is 11.7 Å². The number of nitrogens with one attached hydrogen (secondary N) is 1. The number of hydrogen-bond donors (Lipinski definition) is 2. The van der Waals surface area contributed by atoms with Crippen molar-refractivity contribution < 1.29 is 19.6 Å². The van der Waals surface area contributed by atoms with Crippen LogP contribution in [0.3, 0.4) is 0 Å². The first kappa shape index (κ1) is 14.8. The highest BCUT2D eigenvalue weighted by atomic mass is 16.6. The summed E-state index contributed by atoms with van der Waals surface area (Å²) in [6.45, 7) is -0.0690. The Bertz CT molecular complexity index is 597. The zero-order chi connectivity index (χ0) is 15.6. The van der Waals surface area contributed by atoms with Crippen molar-refractivity contribution in [3.63, 3.8) is 0 Å². The monoisotopic (exact) mass is 293 g/mol. The third-order valence-corrected chi connectivity index (χ3v) is 3.16. The summed E-state index contributed by atoms with van der Waals surface area (Å²) in [6, 6.07) is 4.21. The molecule has 8 heteroatoms. The molecule has 1 aromatic carbocycles. The van der Waals surface area contributed by atoms with E-state index in [2.05, 4.69) is 5.32 Å². The van der Waals surface area contributed by atoms with Crippen LogP contribution in [-0.2, 0) is 4.79 Å². The van der Waals surface area contributed by atoms with Gasteiger partial charge in [0.25, 0.3) is 0 Å². The molecule has 0 atom stereocenters. The topological polar surface area (TPSA) is 113 Å². The van der Waals surface area contributed by atoms with Crippen LogP contribution in [0.15, 0.2) is 18.2 Å². The van der Waals surface area contributed by atoms with Gasteiger partial charge in [0.15, 0.2) is 0 Å². The van der Waals surface area contributed by atoms with Crippen molar-refractivity contribution in [2.24, 2.45) is 0 Å². The lowest BCUT2D eigenvalue weighted by molar-refractivity contribution is -0.384. The van der Waals surface area contributed by atoms with Crippen LogP contribution in [-0.4, -0.2) is 41.5 Å². The predicted octanol–water partition coefficient (Wildman–Crippen LogP) is 1.01. The molecular formula is C13H15N3O5. The second-order valence-corrected chi connectivity index (χ2v) is 4.93. The molecule has 1 aliphatic rings. The quantitative estimate of drug-likeness (QED) is 0.597. The summed E-state index contributed by atoms with van der Waals surface area (Å²) in [7, 11) is 1.51. The minimum Gasteiger partial charge on any atom is -0.477 e. The Labute approximate surface area is 120 Å². The Hall–Kier alpha value is -2.64. The maximum atomic E-state index is 11.7. The molecule has 0 saturated heterocycles. The number of rotatable bonds is 6. The average Bonchev–Trinajstić information content (AvgIpc) is 3.21. The molecule has 21 heavy (non-hydrogen) atoms. The molecule has 2 N–H and O–H groups in total. The van der Waals surface area contributed by atoms with E-state index in [9.17, 15) is 19.7 Å². The standard InChI is InChI=1S/C13H15N3O5/c1-15(7-11(17)14-8-5-6-8)10-4-2-3-9(13(18)19)12(10)16(20)21/h2-4,8H,5-7H2,1H3,(H,14,17)(H,18,19). The highest BCUT2D eigenvalue weighted by molar-refractivity contribution is 5.96. The number of benzene rings is 1. The van der Waals surface area contributed by atoms with Crippen molar-refractivity contribution in [3.05, 3.63) is 33.9 Å². The van der Waals surface area contributed by atoms with Gasteiger partial charge in [-0.25, -0.2) is 4.79 Å². The van der Waals surface area contributed by atoms with Crippen molar-refractivity contribution in [2.75, 3.05) is 18.5 Å². The zero-order valence-electron chi connectivity index (χ0n) is 11.4. The fourth-order valence-electron chi connectivity index (χ4n) is 2.01. The van der Waals surface area contributed by atoms with Gasteiger partial charge in [0.1, 0.15) is 11.3 Å². The lowest BCUT2D eigenvalue weighted by Gasteiger charge is -2.19. The van der Waals surface area contributed by atoms with Gasteiger partial charge in [-0.3, -0.25) is 14.9 Å². The van der Waals surface area contributed by atoms with Crippen molar-refractivity contribution in [3.8, 4) is 0 Å². The number of carboxylic acids is 1. The van der Waals surface area contributed by atoms with Gasteiger partial charge in [-0.2, -0.15) is 0 Å². The molecule has 0 bridgehead atoms. The van der Waals surface area contributed by atoms with E-state index in [1.165, 1.54) is 30.1 Å². The van der Waals surface area contributed by atoms with Crippen molar-refractivity contribution in [1.29, 1.82) is 0 Å². The number of aromatic carboxylic acids is 1. The summed E-state index contributed by atoms with van der Waals surface area (Å²) < 4.78 is 0. The Morgan fingerprint density at radius 3 is 2.67 bits per heavy atom. The van der Waals surface area contributed by atoms with Gasteiger partial charge in [-0.1, -0.05) is 6.07 Å². The molecule has 1 fully saturated rings. The van der Waals surface area contributed by atoms with Crippen LogP contribution < -0.4 is 10.2 Å². The van der Waals surface area contributed by atoms with Gasteiger partial charge in [0.2, 0.25) is 5.91 Å². The van der Waals surface area contributed by atoms with Crippen LogP contribution in [0.4, 0.5) is 11.4 Å². The van der Waals surface area contributed by atoms with E-state index in [0.29, 0.717) is 0 Å². The highest BCUT2D eigenvalue weighted by Gasteiger charge is 2.28. The molecule has 1 amide bonds. The molecule has 0 aromatic heterocycles. The van der Waals surface area contributed by atoms with Crippen molar-refractivity contribution in [1.82, 2.24) is 5.32 Å². The Kier molecular flexibility index (Phi) is 4.06. The SMILES string of the molecule is CN(CC(=O)NC1CC1)c1cccc(C(=O)O)c1[N+](=O)[O-]. The summed E-state index contributed by atoms with van der Waals surface area (Å²) >= 11 is 0. The first-order valence-electron chi connectivity index (χ1n) is 6.41. The molecular weight excluding hydrogens is 278 g/mol. The Morgan fingerprint density at radius 1 is 1.48 bits per heavy atom. The number of amides is 1. The van der Waals surface area contributed by atoms with Crippen LogP contribution in [0.25, 0.3) is 0 Å². The zero-order valence-corrected chi connectivity index (χ0v) is 11.4. The van der Waals surface area contributed by atoms with Crippen LogP contribution in [0.1, 0.15) is 23.2 Å². The third-order valence-electron chi connectivity index (χ3n) is 3.16. The molecule has 1 saturated carbocycles. The lowest BCUT2D eigenvalue weighted by Crippen LogP contribution is -2.36. The summed E-state index contributed by atoms with van der Waals surface area (Å²) in [5.41, 5.74) is -0.801. The second-order valence-electron chi connectivity index (χ2n) is 4.93. The van der Waals surface area contributed by atoms with E-state index >= 15 is 0 Å². The summed E-state index contributed by atoms with van der Waals surface area (Å²) in [5, 5.41) is 22.9. The molecule has 0 aliphatic heterocycles. The molecule has 2 rings (SSSR count). The van der Waals surface area contributed by atoms with E-state index in [4.69, 9.17) is 5.11 Å². The number of anilines is 1. The third kappa shape index (κ3) is 3.47. The number of carboxylic acid groups (broad SMARTS) is 1. The number of nitrogens with zero attached hydrogens (tertiary/aromatic N) is 2. The molecule has 0 unspecified atom stereocenters. The minimum atomic E-state index is -1.38. The van der Waals surface area contributed by atoms with Gasteiger partial charge < -0.3 is 15.3 Å². The van der Waals surface area contributed by atoms with Crippen molar-refractivity contribution >= 4 is 23.3 Å². The summed E-state index contributed by atoms with van der Waals surface area (Å²) in [5.74, 6) is -1.62. The number of nitro benzene ring substituents is 1. The number of para-hydroxylation sites is 1. The molecule has 0 heterocycles. The summed E-state index contributed by atoms with van der Waals surface area (Å²) in [4.78, 5) is 34.6. The van der Waals surface area contributed by atoms with Crippen molar-refractivity contribution in [2.45, 2.75) is 18.9 Å². The second kappa shape index (κ2) is 5.78. The van der Waals surface area contributed by atoms with Crippen LogP contribution >= 0.6 is 0 Å². The summed E-state index contributed by atoms with van der Waals surface area (Å²) in [6.07, 6.45) is 1.90. The fourth-order valence-corrected chi connectivity index (χ4v) is 2.01. The van der Waals surface area contributed by atoms with E-state index in [0.717, 1.165) is 12.8 Å². The molecule has 112 valence electrons. The number of hydrogen-bond acceptors (Lipinski definition) is 5. The van der Waals surface area contributed by atoms with Crippen LogP contribution in [0.2, 0.25) is 0 Å². The Morgan fingerprint density at radius 2 is 2.14 bits per heavy atom. The Balaban J connectivity index is 2.24. The first-order chi connectivity index (χ1) is 9.90. The largest absolute Gasteiger partial charge is 0.477 e. The first-order valence-corrected chi connectivity index (χ1v) is 6.41. The number of carbonyl (C=O) groups is 2. The molecule has 1 aliphatic carbocycles. The van der Waals surface area contributed by atoms with E-state index in [1.54, 1.807) is 0 Å². The molecule has 8 nitrogen and oxygen atoms in total. The van der Waals surface area contributed by atoms with Gasteiger partial charge in [-0.15, -0.1) is 0 Å². The minimum absolute atomic E-state index is 0.0690. The molecule has 1 aromatic rings. The van der Waals surface area contributed by atoms with E-state index < -0.39 is 22.1 Å². The smallest absolute Gasteiger partial charge is 0.342 e. The molecule has 0 spiro atoms. The van der Waals surface area contributed by atoms with Crippen LogP contribution in [0.5, 0.6) is 0 Å². The predicted molar refractivity (Wildman–Crippen MR) is 74.5 cm³/mol. The highest BCUT2D eigenvalue weighted by Crippen LogP contribution is 2.31. The number of likely N-dealkylation sites (N-methyl/N-ethyl adjacent to an activating group) is 1. The molecule has 0 radical (unpaired) electrons.